The standard InChI is InChI=1S/C17H23NO3/c1-12(15(19)20)11-13-5-7-14(8-6-13)18-16(21)17(2)9-3-4-10-17/h5-8,12H,3-4,9-11H2,1-2H3,(H,18,21)(H,19,20). The lowest BCUT2D eigenvalue weighted by Crippen LogP contribution is -2.30. The van der Waals surface area contributed by atoms with Crippen LogP contribution in [0.2, 0.25) is 0 Å². The number of carboxylic acids is 1. The molecular formula is C17H23NO3. The highest BCUT2D eigenvalue weighted by molar-refractivity contribution is 5.95. The van der Waals surface area contributed by atoms with Crippen LogP contribution in [0.15, 0.2) is 24.3 Å². The zero-order valence-electron chi connectivity index (χ0n) is 12.7. The van der Waals surface area contributed by atoms with Gasteiger partial charge in [-0.15, -0.1) is 0 Å². The van der Waals surface area contributed by atoms with Crippen LogP contribution in [0.4, 0.5) is 5.69 Å². The van der Waals surface area contributed by atoms with E-state index in [0.717, 1.165) is 36.9 Å². The van der Waals surface area contributed by atoms with Gasteiger partial charge in [0.1, 0.15) is 0 Å². The molecule has 0 radical (unpaired) electrons. The average molecular weight is 289 g/mol. The van der Waals surface area contributed by atoms with Gasteiger partial charge in [0.25, 0.3) is 0 Å². The van der Waals surface area contributed by atoms with Gasteiger partial charge in [-0.05, 0) is 37.0 Å². The minimum absolute atomic E-state index is 0.0895. The maximum atomic E-state index is 12.3. The van der Waals surface area contributed by atoms with Crippen molar-refractivity contribution in [2.45, 2.75) is 46.0 Å². The molecule has 1 aliphatic carbocycles. The zero-order chi connectivity index (χ0) is 15.5. The number of amides is 1. The molecule has 1 atom stereocenters. The van der Waals surface area contributed by atoms with Gasteiger partial charge in [0.05, 0.1) is 5.92 Å². The van der Waals surface area contributed by atoms with E-state index in [1.807, 2.05) is 31.2 Å². The summed E-state index contributed by atoms with van der Waals surface area (Å²) in [5.41, 5.74) is 1.51. The van der Waals surface area contributed by atoms with Crippen molar-refractivity contribution in [1.82, 2.24) is 0 Å². The van der Waals surface area contributed by atoms with E-state index < -0.39 is 11.9 Å². The number of rotatable bonds is 5. The van der Waals surface area contributed by atoms with Crippen molar-refractivity contribution in [3.8, 4) is 0 Å². The number of aliphatic carboxylic acids is 1. The van der Waals surface area contributed by atoms with Crippen molar-refractivity contribution >= 4 is 17.6 Å². The number of carboxylic acid groups (broad SMARTS) is 1. The molecule has 1 aliphatic rings. The third-order valence-electron chi connectivity index (χ3n) is 4.43. The van der Waals surface area contributed by atoms with E-state index in [4.69, 9.17) is 5.11 Å². The molecule has 1 unspecified atom stereocenters. The highest BCUT2D eigenvalue weighted by atomic mass is 16.4. The summed E-state index contributed by atoms with van der Waals surface area (Å²) in [4.78, 5) is 23.1. The molecule has 4 nitrogen and oxygen atoms in total. The molecule has 1 aromatic carbocycles. The topological polar surface area (TPSA) is 66.4 Å². The maximum absolute atomic E-state index is 12.3. The lowest BCUT2D eigenvalue weighted by atomic mass is 9.88. The summed E-state index contributed by atoms with van der Waals surface area (Å²) < 4.78 is 0. The highest BCUT2D eigenvalue weighted by Gasteiger charge is 2.36. The largest absolute Gasteiger partial charge is 0.481 e. The summed E-state index contributed by atoms with van der Waals surface area (Å²) in [6, 6.07) is 7.46. The van der Waals surface area contributed by atoms with Crippen LogP contribution in [-0.4, -0.2) is 17.0 Å². The predicted molar refractivity (Wildman–Crippen MR) is 82.2 cm³/mol. The minimum Gasteiger partial charge on any atom is -0.481 e. The molecule has 0 bridgehead atoms. The van der Waals surface area contributed by atoms with E-state index in [-0.39, 0.29) is 11.3 Å². The fourth-order valence-corrected chi connectivity index (χ4v) is 2.83. The van der Waals surface area contributed by atoms with Gasteiger partial charge < -0.3 is 10.4 Å². The van der Waals surface area contributed by atoms with Crippen LogP contribution in [0, 0.1) is 11.3 Å². The van der Waals surface area contributed by atoms with Crippen molar-refractivity contribution in [2.24, 2.45) is 11.3 Å². The number of nitrogens with one attached hydrogen (secondary N) is 1. The Bertz CT molecular complexity index is 515. The first-order valence-electron chi connectivity index (χ1n) is 7.54. The Morgan fingerprint density at radius 3 is 2.33 bits per heavy atom. The SMILES string of the molecule is CC(Cc1ccc(NC(=O)C2(C)CCCC2)cc1)C(=O)O. The Balaban J connectivity index is 1.96. The number of hydrogen-bond acceptors (Lipinski definition) is 2. The quantitative estimate of drug-likeness (QED) is 0.872. The predicted octanol–water partition coefficient (Wildman–Crippen LogP) is 3.47. The van der Waals surface area contributed by atoms with Crippen LogP contribution >= 0.6 is 0 Å². The molecule has 1 aromatic rings. The van der Waals surface area contributed by atoms with Crippen LogP contribution in [0.3, 0.4) is 0 Å². The second kappa shape index (κ2) is 6.29. The molecule has 1 saturated carbocycles. The Hall–Kier alpha value is -1.84. The van der Waals surface area contributed by atoms with Gasteiger partial charge in [-0.2, -0.15) is 0 Å². The fourth-order valence-electron chi connectivity index (χ4n) is 2.83. The Morgan fingerprint density at radius 1 is 1.24 bits per heavy atom. The van der Waals surface area contributed by atoms with Crippen molar-refractivity contribution in [3.05, 3.63) is 29.8 Å². The van der Waals surface area contributed by atoms with Gasteiger partial charge in [-0.1, -0.05) is 38.8 Å². The molecule has 0 aliphatic heterocycles. The van der Waals surface area contributed by atoms with Crippen molar-refractivity contribution in [3.63, 3.8) is 0 Å². The Labute approximate surface area is 125 Å². The highest BCUT2D eigenvalue weighted by Crippen LogP contribution is 2.38. The number of carbonyl (C=O) groups is 2. The Morgan fingerprint density at radius 2 is 1.81 bits per heavy atom. The molecular weight excluding hydrogens is 266 g/mol. The van der Waals surface area contributed by atoms with E-state index in [9.17, 15) is 9.59 Å². The smallest absolute Gasteiger partial charge is 0.306 e. The fraction of sp³-hybridized carbons (Fsp3) is 0.529. The average Bonchev–Trinajstić information content (AvgIpc) is 2.89. The third kappa shape index (κ3) is 3.84. The van der Waals surface area contributed by atoms with Gasteiger partial charge in [-0.3, -0.25) is 9.59 Å². The number of hydrogen-bond donors (Lipinski definition) is 2. The molecule has 21 heavy (non-hydrogen) atoms. The van der Waals surface area contributed by atoms with Crippen molar-refractivity contribution in [2.75, 3.05) is 5.32 Å². The van der Waals surface area contributed by atoms with Crippen LogP contribution in [0.25, 0.3) is 0 Å². The van der Waals surface area contributed by atoms with E-state index in [0.29, 0.717) is 6.42 Å². The van der Waals surface area contributed by atoms with Gasteiger partial charge in [0, 0.05) is 11.1 Å². The van der Waals surface area contributed by atoms with E-state index in [1.165, 1.54) is 0 Å². The molecule has 0 spiro atoms. The number of carbonyl (C=O) groups excluding carboxylic acids is 1. The van der Waals surface area contributed by atoms with E-state index in [1.54, 1.807) is 6.92 Å². The minimum atomic E-state index is -0.790. The third-order valence-corrected chi connectivity index (χ3v) is 4.43. The first-order valence-corrected chi connectivity index (χ1v) is 7.54. The molecule has 4 heteroatoms. The lowest BCUT2D eigenvalue weighted by molar-refractivity contribution is -0.141. The Kier molecular flexibility index (Phi) is 4.66. The van der Waals surface area contributed by atoms with Gasteiger partial charge >= 0.3 is 5.97 Å². The molecule has 114 valence electrons. The number of anilines is 1. The molecule has 1 fully saturated rings. The summed E-state index contributed by atoms with van der Waals surface area (Å²) in [5, 5.41) is 11.9. The van der Waals surface area contributed by atoms with E-state index >= 15 is 0 Å². The maximum Gasteiger partial charge on any atom is 0.306 e. The van der Waals surface area contributed by atoms with Crippen LogP contribution in [0.1, 0.15) is 45.1 Å². The summed E-state index contributed by atoms with van der Waals surface area (Å²) in [6.07, 6.45) is 4.65. The molecule has 2 N–H and O–H groups in total. The van der Waals surface area contributed by atoms with Gasteiger partial charge in [0.2, 0.25) is 5.91 Å². The molecule has 0 aromatic heterocycles. The number of benzene rings is 1. The van der Waals surface area contributed by atoms with Crippen LogP contribution in [0.5, 0.6) is 0 Å². The van der Waals surface area contributed by atoms with Crippen molar-refractivity contribution in [1.29, 1.82) is 0 Å². The summed E-state index contributed by atoms with van der Waals surface area (Å²) >= 11 is 0. The van der Waals surface area contributed by atoms with Crippen LogP contribution in [-0.2, 0) is 16.0 Å². The zero-order valence-corrected chi connectivity index (χ0v) is 12.7. The monoisotopic (exact) mass is 289 g/mol. The summed E-state index contributed by atoms with van der Waals surface area (Å²) in [7, 11) is 0. The van der Waals surface area contributed by atoms with E-state index in [2.05, 4.69) is 5.32 Å². The van der Waals surface area contributed by atoms with Crippen LogP contribution < -0.4 is 5.32 Å². The second-order valence-electron chi connectivity index (χ2n) is 6.36. The first kappa shape index (κ1) is 15.5. The summed E-state index contributed by atoms with van der Waals surface area (Å²) in [6.45, 7) is 3.72. The second-order valence-corrected chi connectivity index (χ2v) is 6.36. The first-order chi connectivity index (χ1) is 9.90. The molecule has 1 amide bonds. The van der Waals surface area contributed by atoms with Gasteiger partial charge in [0.15, 0.2) is 0 Å². The lowest BCUT2D eigenvalue weighted by Gasteiger charge is -2.22. The molecule has 2 rings (SSSR count). The normalized spacial score (nSPS) is 18.2. The summed E-state index contributed by atoms with van der Waals surface area (Å²) in [5.74, 6) is -1.10. The molecule has 0 heterocycles. The van der Waals surface area contributed by atoms with Crippen molar-refractivity contribution < 1.29 is 14.7 Å². The van der Waals surface area contributed by atoms with Gasteiger partial charge in [-0.25, -0.2) is 0 Å². The molecule has 0 saturated heterocycles.